The van der Waals surface area contributed by atoms with Crippen molar-refractivity contribution in [3.05, 3.63) is 34.7 Å². The third-order valence-corrected chi connectivity index (χ3v) is 6.08. The summed E-state index contributed by atoms with van der Waals surface area (Å²) in [5, 5.41) is 7.58. The number of aromatic nitrogens is 4. The number of hydrogen-bond donors (Lipinski definition) is 0. The Morgan fingerprint density at radius 1 is 1.43 bits per heavy atom. The lowest BCUT2D eigenvalue weighted by molar-refractivity contribution is 0.389. The van der Waals surface area contributed by atoms with E-state index in [9.17, 15) is 8.42 Å². The Morgan fingerprint density at radius 3 is 2.71 bits per heavy atom. The quantitative estimate of drug-likeness (QED) is 0.791. The van der Waals surface area contributed by atoms with E-state index in [0.29, 0.717) is 0 Å². The van der Waals surface area contributed by atoms with Gasteiger partial charge in [0, 0.05) is 19.3 Å². The lowest BCUT2D eigenvalue weighted by Crippen LogP contribution is -2.34. The van der Waals surface area contributed by atoms with E-state index in [1.54, 1.807) is 19.3 Å². The third-order valence-electron chi connectivity index (χ3n) is 3.29. The molecule has 9 heteroatoms. The van der Waals surface area contributed by atoms with Crippen molar-refractivity contribution in [1.82, 2.24) is 24.3 Å². The number of rotatable bonds is 5. The standard InChI is InChI=1S/C12H14BrN5O2S/c1-17-12(11(13)15-16-17)21(19,20)18(10-5-6-10)8-9-4-2-3-7-14-9/h2-4,7,10H,5-6,8H2,1H3. The summed E-state index contributed by atoms with van der Waals surface area (Å²) in [6.45, 7) is 0.255. The minimum Gasteiger partial charge on any atom is -0.260 e. The lowest BCUT2D eigenvalue weighted by atomic mass is 10.3. The van der Waals surface area contributed by atoms with Gasteiger partial charge in [0.2, 0.25) is 5.03 Å². The number of hydrogen-bond acceptors (Lipinski definition) is 5. The molecule has 21 heavy (non-hydrogen) atoms. The number of nitrogens with zero attached hydrogens (tertiary/aromatic N) is 5. The van der Waals surface area contributed by atoms with Crippen molar-refractivity contribution >= 4 is 26.0 Å². The predicted molar refractivity (Wildman–Crippen MR) is 78.7 cm³/mol. The zero-order valence-electron chi connectivity index (χ0n) is 11.3. The van der Waals surface area contributed by atoms with Crippen LogP contribution in [0.3, 0.4) is 0 Å². The van der Waals surface area contributed by atoms with E-state index in [2.05, 4.69) is 31.2 Å². The highest BCUT2D eigenvalue weighted by Gasteiger charge is 2.41. The maximum absolute atomic E-state index is 12.9. The number of pyridine rings is 1. The first-order chi connectivity index (χ1) is 10.00. The number of halogens is 1. The highest BCUT2D eigenvalue weighted by atomic mass is 79.9. The van der Waals surface area contributed by atoms with Crippen molar-refractivity contribution in [2.75, 3.05) is 0 Å². The van der Waals surface area contributed by atoms with E-state index in [1.165, 1.54) is 8.99 Å². The Labute approximate surface area is 131 Å². The van der Waals surface area contributed by atoms with Crippen LogP contribution < -0.4 is 0 Å². The Bertz CT molecular complexity index is 723. The minimum absolute atomic E-state index is 0.0267. The Hall–Kier alpha value is -1.32. The van der Waals surface area contributed by atoms with E-state index < -0.39 is 10.0 Å². The molecular formula is C12H14BrN5O2S. The molecular weight excluding hydrogens is 358 g/mol. The summed E-state index contributed by atoms with van der Waals surface area (Å²) in [6, 6.07) is 5.50. The first kappa shape index (κ1) is 14.6. The third kappa shape index (κ3) is 2.85. The second kappa shape index (κ2) is 5.47. The van der Waals surface area contributed by atoms with Crippen LogP contribution in [0, 0.1) is 0 Å². The van der Waals surface area contributed by atoms with Gasteiger partial charge < -0.3 is 0 Å². The molecule has 112 valence electrons. The van der Waals surface area contributed by atoms with Crippen LogP contribution in [-0.4, -0.2) is 38.7 Å². The van der Waals surface area contributed by atoms with Crippen molar-refractivity contribution in [2.45, 2.75) is 30.5 Å². The minimum atomic E-state index is -3.67. The molecule has 0 N–H and O–H groups in total. The van der Waals surface area contributed by atoms with Crippen LogP contribution in [0.4, 0.5) is 0 Å². The van der Waals surface area contributed by atoms with Gasteiger partial charge in [-0.1, -0.05) is 11.3 Å². The SMILES string of the molecule is Cn1nnc(Br)c1S(=O)(=O)N(Cc1ccccn1)C1CC1. The molecule has 1 aliphatic carbocycles. The predicted octanol–water partition coefficient (Wildman–Crippen LogP) is 1.33. The van der Waals surface area contributed by atoms with Crippen molar-refractivity contribution in [2.24, 2.45) is 7.05 Å². The van der Waals surface area contributed by atoms with Gasteiger partial charge in [0.05, 0.1) is 12.2 Å². The molecule has 1 fully saturated rings. The fraction of sp³-hybridized carbons (Fsp3) is 0.417. The van der Waals surface area contributed by atoms with Crippen LogP contribution in [0.15, 0.2) is 34.0 Å². The Kier molecular flexibility index (Phi) is 3.80. The fourth-order valence-electron chi connectivity index (χ4n) is 2.13. The van der Waals surface area contributed by atoms with Gasteiger partial charge in [0.1, 0.15) is 0 Å². The van der Waals surface area contributed by atoms with Crippen LogP contribution in [0.2, 0.25) is 0 Å². The molecule has 1 aliphatic rings. The molecule has 7 nitrogen and oxygen atoms in total. The van der Waals surface area contributed by atoms with E-state index in [4.69, 9.17) is 0 Å². The van der Waals surface area contributed by atoms with Gasteiger partial charge in [0.25, 0.3) is 10.0 Å². The highest BCUT2D eigenvalue weighted by molar-refractivity contribution is 9.10. The fourth-order valence-corrected chi connectivity index (χ4v) is 4.82. The number of aryl methyl sites for hydroxylation is 1. The van der Waals surface area contributed by atoms with E-state index in [-0.39, 0.29) is 22.2 Å². The summed E-state index contributed by atoms with van der Waals surface area (Å²) in [5.74, 6) is 0. The molecule has 0 spiro atoms. The van der Waals surface area contributed by atoms with Crippen molar-refractivity contribution in [1.29, 1.82) is 0 Å². The normalized spacial score (nSPS) is 15.6. The van der Waals surface area contributed by atoms with Crippen LogP contribution in [0.5, 0.6) is 0 Å². The first-order valence-electron chi connectivity index (χ1n) is 6.47. The van der Waals surface area contributed by atoms with Crippen LogP contribution >= 0.6 is 15.9 Å². The molecule has 0 aliphatic heterocycles. The zero-order valence-corrected chi connectivity index (χ0v) is 13.7. The summed E-state index contributed by atoms with van der Waals surface area (Å²) in [6.07, 6.45) is 3.40. The maximum atomic E-state index is 12.9. The highest BCUT2D eigenvalue weighted by Crippen LogP contribution is 2.34. The van der Waals surface area contributed by atoms with Gasteiger partial charge in [-0.15, -0.1) is 5.10 Å². The van der Waals surface area contributed by atoms with Gasteiger partial charge in [-0.05, 0) is 40.9 Å². The molecule has 0 unspecified atom stereocenters. The molecule has 2 aromatic heterocycles. The van der Waals surface area contributed by atoms with E-state index in [1.807, 2.05) is 12.1 Å². The summed E-state index contributed by atoms with van der Waals surface area (Å²) in [4.78, 5) is 4.21. The second-order valence-corrected chi connectivity index (χ2v) is 7.47. The molecule has 0 aromatic carbocycles. The maximum Gasteiger partial charge on any atom is 0.263 e. The molecule has 0 bridgehead atoms. The van der Waals surface area contributed by atoms with Crippen LogP contribution in [0.1, 0.15) is 18.5 Å². The van der Waals surface area contributed by atoms with Gasteiger partial charge in [-0.25, -0.2) is 13.1 Å². The van der Waals surface area contributed by atoms with Gasteiger partial charge in [-0.2, -0.15) is 4.31 Å². The molecule has 1 saturated carbocycles. The van der Waals surface area contributed by atoms with Gasteiger partial charge in [0.15, 0.2) is 4.60 Å². The van der Waals surface area contributed by atoms with E-state index >= 15 is 0 Å². The molecule has 0 atom stereocenters. The van der Waals surface area contributed by atoms with Gasteiger partial charge >= 0.3 is 0 Å². The molecule has 2 heterocycles. The Morgan fingerprint density at radius 2 is 2.19 bits per heavy atom. The Balaban J connectivity index is 1.97. The molecule has 2 aromatic rings. The van der Waals surface area contributed by atoms with E-state index in [0.717, 1.165) is 18.5 Å². The smallest absolute Gasteiger partial charge is 0.260 e. The van der Waals surface area contributed by atoms with Crippen LogP contribution in [0.25, 0.3) is 0 Å². The average molecular weight is 372 g/mol. The van der Waals surface area contributed by atoms with Crippen molar-refractivity contribution in [3.8, 4) is 0 Å². The zero-order chi connectivity index (χ0) is 15.0. The average Bonchev–Trinajstić information content (AvgIpc) is 3.22. The summed E-state index contributed by atoms with van der Waals surface area (Å²) < 4.78 is 28.8. The first-order valence-corrected chi connectivity index (χ1v) is 8.70. The number of sulfonamides is 1. The summed E-state index contributed by atoms with van der Waals surface area (Å²) in [5.41, 5.74) is 0.722. The topological polar surface area (TPSA) is 81.0 Å². The molecule has 0 saturated heterocycles. The molecule has 0 radical (unpaired) electrons. The molecule has 3 rings (SSSR count). The second-order valence-electron chi connectivity index (χ2n) is 4.91. The summed E-state index contributed by atoms with van der Waals surface area (Å²) >= 11 is 3.16. The lowest BCUT2D eigenvalue weighted by Gasteiger charge is -2.21. The van der Waals surface area contributed by atoms with Crippen molar-refractivity contribution in [3.63, 3.8) is 0 Å². The monoisotopic (exact) mass is 371 g/mol. The van der Waals surface area contributed by atoms with Gasteiger partial charge in [-0.3, -0.25) is 4.98 Å². The largest absolute Gasteiger partial charge is 0.263 e. The molecule has 0 amide bonds. The summed E-state index contributed by atoms with van der Waals surface area (Å²) in [7, 11) is -2.10. The van der Waals surface area contributed by atoms with Crippen molar-refractivity contribution < 1.29 is 8.42 Å². The van der Waals surface area contributed by atoms with Crippen LogP contribution in [-0.2, 0) is 23.6 Å².